The average Bonchev–Trinajstić information content (AvgIpc) is 3.15. The van der Waals surface area contributed by atoms with Crippen LogP contribution >= 0.6 is 0 Å². The summed E-state index contributed by atoms with van der Waals surface area (Å²) in [6, 6.07) is 8.11. The first kappa shape index (κ1) is 17.1. The van der Waals surface area contributed by atoms with Crippen LogP contribution in [0.15, 0.2) is 33.5 Å². The first-order valence-corrected chi connectivity index (χ1v) is 9.31. The van der Waals surface area contributed by atoms with Crippen molar-refractivity contribution in [3.8, 4) is 17.2 Å². The zero-order valence-corrected chi connectivity index (χ0v) is 16.1. The molecule has 0 N–H and O–H groups in total. The van der Waals surface area contributed by atoms with Gasteiger partial charge >= 0.3 is 5.63 Å². The Bertz CT molecular complexity index is 1160. The molecular formula is C22H21NO5. The molecule has 0 fully saturated rings. The smallest absolute Gasteiger partial charge is 0.339 e. The van der Waals surface area contributed by atoms with Crippen molar-refractivity contribution in [2.45, 2.75) is 33.9 Å². The van der Waals surface area contributed by atoms with Crippen molar-refractivity contribution in [1.29, 1.82) is 0 Å². The molecule has 0 atom stereocenters. The predicted molar refractivity (Wildman–Crippen MR) is 104 cm³/mol. The predicted octanol–water partition coefficient (Wildman–Crippen LogP) is 3.80. The van der Waals surface area contributed by atoms with Crippen LogP contribution in [0.3, 0.4) is 0 Å². The molecule has 0 amide bonds. The molecule has 6 heteroatoms. The lowest BCUT2D eigenvalue weighted by Crippen LogP contribution is -2.32. The number of ether oxygens (including phenoxy) is 3. The zero-order valence-electron chi connectivity index (χ0n) is 16.1. The Labute approximate surface area is 162 Å². The Morgan fingerprint density at radius 2 is 1.79 bits per heavy atom. The number of rotatable bonds is 2. The van der Waals surface area contributed by atoms with Crippen LogP contribution in [-0.4, -0.2) is 18.4 Å². The maximum absolute atomic E-state index is 12.1. The highest BCUT2D eigenvalue weighted by Crippen LogP contribution is 2.37. The summed E-state index contributed by atoms with van der Waals surface area (Å²) in [4.78, 5) is 14.3. The fourth-order valence-corrected chi connectivity index (χ4v) is 3.95. The Hall–Kier alpha value is -2.99. The largest absolute Gasteiger partial charge is 0.477 e. The van der Waals surface area contributed by atoms with Gasteiger partial charge in [-0.3, -0.25) is 4.90 Å². The van der Waals surface area contributed by atoms with Crippen molar-refractivity contribution in [2.75, 3.05) is 13.5 Å². The molecule has 2 aromatic carbocycles. The summed E-state index contributed by atoms with van der Waals surface area (Å²) in [5, 5.41) is 0.974. The fourth-order valence-electron chi connectivity index (χ4n) is 3.95. The molecule has 0 saturated heterocycles. The fraction of sp³-hybridized carbons (Fsp3) is 0.318. The number of hydrogen-bond donors (Lipinski definition) is 0. The number of benzene rings is 2. The first-order chi connectivity index (χ1) is 13.5. The highest BCUT2D eigenvalue weighted by Gasteiger charge is 2.24. The summed E-state index contributed by atoms with van der Waals surface area (Å²) < 4.78 is 22.5. The Kier molecular flexibility index (Phi) is 3.84. The summed E-state index contributed by atoms with van der Waals surface area (Å²) in [7, 11) is 0. The lowest BCUT2D eigenvalue weighted by atomic mass is 9.99. The Morgan fingerprint density at radius 3 is 2.64 bits per heavy atom. The van der Waals surface area contributed by atoms with E-state index in [9.17, 15) is 4.79 Å². The SMILES string of the molecule is Cc1c(C)c2cc3c(c(C)c2oc1=O)OCN(Cc1ccc2c(c1)OCO2)C3. The molecular weight excluding hydrogens is 358 g/mol. The maximum Gasteiger partial charge on any atom is 0.339 e. The molecule has 0 radical (unpaired) electrons. The molecule has 1 aromatic heterocycles. The molecule has 0 spiro atoms. The molecule has 2 aliphatic rings. The average molecular weight is 379 g/mol. The molecule has 28 heavy (non-hydrogen) atoms. The van der Waals surface area contributed by atoms with Crippen LogP contribution in [0, 0.1) is 20.8 Å². The van der Waals surface area contributed by atoms with Crippen LogP contribution in [0.2, 0.25) is 0 Å². The van der Waals surface area contributed by atoms with E-state index in [0.717, 1.165) is 58.0 Å². The van der Waals surface area contributed by atoms with Gasteiger partial charge in [-0.25, -0.2) is 4.79 Å². The van der Waals surface area contributed by atoms with Crippen molar-refractivity contribution >= 4 is 11.0 Å². The summed E-state index contributed by atoms with van der Waals surface area (Å²) in [6.07, 6.45) is 0. The van der Waals surface area contributed by atoms with Gasteiger partial charge in [0.1, 0.15) is 18.1 Å². The molecule has 144 valence electrons. The van der Waals surface area contributed by atoms with Gasteiger partial charge in [0.2, 0.25) is 6.79 Å². The van der Waals surface area contributed by atoms with Crippen LogP contribution in [0.1, 0.15) is 27.8 Å². The molecule has 0 saturated carbocycles. The van der Waals surface area contributed by atoms with Gasteiger partial charge in [0.15, 0.2) is 11.5 Å². The molecule has 5 rings (SSSR count). The van der Waals surface area contributed by atoms with E-state index >= 15 is 0 Å². The van der Waals surface area contributed by atoms with E-state index < -0.39 is 0 Å². The Morgan fingerprint density at radius 1 is 0.964 bits per heavy atom. The van der Waals surface area contributed by atoms with E-state index in [-0.39, 0.29) is 12.4 Å². The van der Waals surface area contributed by atoms with Crippen molar-refractivity contribution in [2.24, 2.45) is 0 Å². The minimum absolute atomic E-state index is 0.278. The third-order valence-corrected chi connectivity index (χ3v) is 5.63. The minimum atomic E-state index is -0.284. The van der Waals surface area contributed by atoms with E-state index in [1.54, 1.807) is 6.92 Å². The summed E-state index contributed by atoms with van der Waals surface area (Å²) in [5.74, 6) is 2.40. The second-order valence-electron chi connectivity index (χ2n) is 7.45. The summed E-state index contributed by atoms with van der Waals surface area (Å²) in [5.41, 5.74) is 5.09. The zero-order chi connectivity index (χ0) is 19.4. The van der Waals surface area contributed by atoms with E-state index in [4.69, 9.17) is 18.6 Å². The molecule has 0 bridgehead atoms. The Balaban J connectivity index is 1.48. The van der Waals surface area contributed by atoms with Crippen molar-refractivity contribution in [3.05, 3.63) is 62.5 Å². The molecule has 0 unspecified atom stereocenters. The molecule has 2 aliphatic heterocycles. The van der Waals surface area contributed by atoms with Crippen molar-refractivity contribution in [3.63, 3.8) is 0 Å². The highest BCUT2D eigenvalue weighted by atomic mass is 16.7. The lowest BCUT2D eigenvalue weighted by molar-refractivity contribution is 0.0880. The van der Waals surface area contributed by atoms with Gasteiger partial charge in [0.05, 0.1) is 0 Å². The topological polar surface area (TPSA) is 61.1 Å². The van der Waals surface area contributed by atoms with Gasteiger partial charge in [-0.15, -0.1) is 0 Å². The maximum atomic E-state index is 12.1. The third kappa shape index (κ3) is 2.64. The van der Waals surface area contributed by atoms with Crippen LogP contribution in [-0.2, 0) is 13.1 Å². The number of aryl methyl sites for hydroxylation is 2. The van der Waals surface area contributed by atoms with Crippen LogP contribution in [0.4, 0.5) is 0 Å². The molecule has 3 aromatic rings. The van der Waals surface area contributed by atoms with Crippen molar-refractivity contribution in [1.82, 2.24) is 4.90 Å². The quantitative estimate of drug-likeness (QED) is 0.631. The minimum Gasteiger partial charge on any atom is -0.477 e. The van der Waals surface area contributed by atoms with Crippen LogP contribution in [0.5, 0.6) is 17.2 Å². The standard InChI is InChI=1S/C22H21NO5/c1-12-13(2)22(24)28-21-14(3)20-16(7-17(12)21)9-23(10-25-20)8-15-4-5-18-19(6-15)27-11-26-18/h4-7H,8-11H2,1-3H3. The first-order valence-electron chi connectivity index (χ1n) is 9.31. The van der Waals surface area contributed by atoms with Gasteiger partial charge in [-0.1, -0.05) is 6.07 Å². The number of hydrogen-bond acceptors (Lipinski definition) is 6. The molecule has 6 nitrogen and oxygen atoms in total. The highest BCUT2D eigenvalue weighted by molar-refractivity contribution is 5.87. The van der Waals surface area contributed by atoms with Gasteiger partial charge in [0.25, 0.3) is 0 Å². The van der Waals surface area contributed by atoms with Gasteiger partial charge < -0.3 is 18.6 Å². The number of nitrogens with zero attached hydrogens (tertiary/aromatic N) is 1. The van der Waals surface area contributed by atoms with Crippen LogP contribution in [0.25, 0.3) is 11.0 Å². The van der Waals surface area contributed by atoms with Crippen molar-refractivity contribution < 1.29 is 18.6 Å². The van der Waals surface area contributed by atoms with E-state index in [1.165, 1.54) is 0 Å². The normalized spacial score (nSPS) is 15.5. The second kappa shape index (κ2) is 6.27. The molecule has 3 heterocycles. The number of fused-ring (bicyclic) bond motifs is 3. The van der Waals surface area contributed by atoms with Crippen LogP contribution < -0.4 is 19.8 Å². The van der Waals surface area contributed by atoms with Gasteiger partial charge in [-0.05, 0) is 50.1 Å². The molecule has 0 aliphatic carbocycles. The monoisotopic (exact) mass is 379 g/mol. The third-order valence-electron chi connectivity index (χ3n) is 5.63. The summed E-state index contributed by atoms with van der Waals surface area (Å²) >= 11 is 0. The van der Waals surface area contributed by atoms with E-state index in [2.05, 4.69) is 17.0 Å². The second-order valence-corrected chi connectivity index (χ2v) is 7.45. The van der Waals surface area contributed by atoms with E-state index in [1.807, 2.05) is 26.0 Å². The van der Waals surface area contributed by atoms with Gasteiger partial charge in [-0.2, -0.15) is 0 Å². The van der Waals surface area contributed by atoms with E-state index in [0.29, 0.717) is 17.9 Å². The lowest BCUT2D eigenvalue weighted by Gasteiger charge is -2.30. The van der Waals surface area contributed by atoms with Gasteiger partial charge in [0, 0.05) is 35.2 Å². The summed E-state index contributed by atoms with van der Waals surface area (Å²) in [6.45, 7) is 7.98.